The summed E-state index contributed by atoms with van der Waals surface area (Å²) in [4.78, 5) is 2.42. The van der Waals surface area contributed by atoms with Crippen molar-refractivity contribution in [2.24, 2.45) is 0 Å². The SMILES string of the molecule is COc1ccccc1[C@H](C#Cc1ccccc1)N(C(C)C)C(C)C. The van der Waals surface area contributed by atoms with Crippen molar-refractivity contribution in [1.82, 2.24) is 4.90 Å². The molecule has 0 saturated heterocycles. The van der Waals surface area contributed by atoms with E-state index in [-0.39, 0.29) is 6.04 Å². The van der Waals surface area contributed by atoms with E-state index in [1.165, 1.54) is 0 Å². The number of hydrogen-bond acceptors (Lipinski definition) is 2. The van der Waals surface area contributed by atoms with E-state index in [1.807, 2.05) is 48.5 Å². The zero-order valence-corrected chi connectivity index (χ0v) is 15.3. The quantitative estimate of drug-likeness (QED) is 0.726. The minimum absolute atomic E-state index is 0.0126. The van der Waals surface area contributed by atoms with Crippen molar-refractivity contribution < 1.29 is 4.74 Å². The Morgan fingerprint density at radius 1 is 0.833 bits per heavy atom. The van der Waals surface area contributed by atoms with E-state index in [9.17, 15) is 0 Å². The van der Waals surface area contributed by atoms with Gasteiger partial charge in [-0.05, 0) is 45.9 Å². The van der Waals surface area contributed by atoms with Gasteiger partial charge in [-0.2, -0.15) is 0 Å². The minimum atomic E-state index is -0.0126. The lowest BCUT2D eigenvalue weighted by Crippen LogP contribution is -2.39. The molecule has 2 aromatic rings. The maximum atomic E-state index is 5.59. The van der Waals surface area contributed by atoms with Gasteiger partial charge < -0.3 is 4.74 Å². The minimum Gasteiger partial charge on any atom is -0.496 e. The summed E-state index contributed by atoms with van der Waals surface area (Å²) in [5, 5.41) is 0. The standard InChI is InChI=1S/C22H27NO/c1-17(2)23(18(3)4)21(16-15-19-11-7-6-8-12-19)20-13-9-10-14-22(20)24-5/h6-14,17-18,21H,1-5H3/t21-/m0/s1. The molecular formula is C22H27NO. The van der Waals surface area contributed by atoms with Crippen LogP contribution in [0.2, 0.25) is 0 Å². The van der Waals surface area contributed by atoms with Crippen LogP contribution >= 0.6 is 0 Å². The predicted molar refractivity (Wildman–Crippen MR) is 101 cm³/mol. The van der Waals surface area contributed by atoms with Gasteiger partial charge in [-0.25, -0.2) is 0 Å². The van der Waals surface area contributed by atoms with Gasteiger partial charge in [-0.15, -0.1) is 0 Å². The van der Waals surface area contributed by atoms with Gasteiger partial charge in [-0.1, -0.05) is 48.2 Å². The predicted octanol–water partition coefficient (Wildman–Crippen LogP) is 4.91. The molecule has 0 saturated carbocycles. The zero-order valence-electron chi connectivity index (χ0n) is 15.3. The summed E-state index contributed by atoms with van der Waals surface area (Å²) >= 11 is 0. The molecule has 126 valence electrons. The lowest BCUT2D eigenvalue weighted by atomic mass is 10.0. The fourth-order valence-electron chi connectivity index (χ4n) is 3.07. The number of ether oxygens (including phenoxy) is 1. The smallest absolute Gasteiger partial charge is 0.124 e. The summed E-state index contributed by atoms with van der Waals surface area (Å²) in [7, 11) is 1.72. The summed E-state index contributed by atoms with van der Waals surface area (Å²) in [6.07, 6.45) is 0. The fraction of sp³-hybridized carbons (Fsp3) is 0.364. The van der Waals surface area contributed by atoms with Gasteiger partial charge in [-0.3, -0.25) is 4.90 Å². The second-order valence-corrected chi connectivity index (χ2v) is 6.41. The second kappa shape index (κ2) is 8.57. The molecule has 0 radical (unpaired) electrons. The third-order valence-electron chi connectivity index (χ3n) is 4.05. The number of nitrogens with zero attached hydrogens (tertiary/aromatic N) is 1. The highest BCUT2D eigenvalue weighted by atomic mass is 16.5. The molecule has 0 fully saturated rings. The van der Waals surface area contributed by atoms with Crippen molar-refractivity contribution in [3.05, 3.63) is 65.7 Å². The third-order valence-corrected chi connectivity index (χ3v) is 4.05. The molecule has 0 bridgehead atoms. The lowest BCUT2D eigenvalue weighted by Gasteiger charge is -2.36. The van der Waals surface area contributed by atoms with Crippen LogP contribution in [0.25, 0.3) is 0 Å². The highest BCUT2D eigenvalue weighted by Crippen LogP contribution is 2.31. The van der Waals surface area contributed by atoms with E-state index < -0.39 is 0 Å². The van der Waals surface area contributed by atoms with Crippen molar-refractivity contribution in [3.63, 3.8) is 0 Å². The van der Waals surface area contributed by atoms with Crippen LogP contribution < -0.4 is 4.74 Å². The van der Waals surface area contributed by atoms with E-state index in [4.69, 9.17) is 4.74 Å². The van der Waals surface area contributed by atoms with Crippen molar-refractivity contribution in [1.29, 1.82) is 0 Å². The molecule has 0 aliphatic carbocycles. The van der Waals surface area contributed by atoms with Gasteiger partial charge in [0, 0.05) is 23.2 Å². The van der Waals surface area contributed by atoms with Crippen molar-refractivity contribution >= 4 is 0 Å². The average molecular weight is 321 g/mol. The Bertz CT molecular complexity index is 687. The molecular weight excluding hydrogens is 294 g/mol. The summed E-state index contributed by atoms with van der Waals surface area (Å²) < 4.78 is 5.59. The Kier molecular flexibility index (Phi) is 6.46. The van der Waals surface area contributed by atoms with Gasteiger partial charge in [0.2, 0.25) is 0 Å². The van der Waals surface area contributed by atoms with Crippen molar-refractivity contribution in [2.75, 3.05) is 7.11 Å². The molecule has 0 unspecified atom stereocenters. The Labute approximate surface area is 146 Å². The molecule has 24 heavy (non-hydrogen) atoms. The molecule has 0 amide bonds. The van der Waals surface area contributed by atoms with Gasteiger partial charge >= 0.3 is 0 Å². The number of hydrogen-bond donors (Lipinski definition) is 0. The monoisotopic (exact) mass is 321 g/mol. The molecule has 0 aromatic heterocycles. The molecule has 2 nitrogen and oxygen atoms in total. The molecule has 1 atom stereocenters. The topological polar surface area (TPSA) is 12.5 Å². The van der Waals surface area contributed by atoms with E-state index in [2.05, 4.69) is 50.5 Å². The van der Waals surface area contributed by atoms with Crippen LogP contribution in [0.3, 0.4) is 0 Å². The summed E-state index contributed by atoms with van der Waals surface area (Å²) in [6.45, 7) is 8.86. The molecule has 0 spiro atoms. The molecule has 0 aliphatic rings. The van der Waals surface area contributed by atoms with E-state index in [0.29, 0.717) is 12.1 Å². The van der Waals surface area contributed by atoms with Crippen molar-refractivity contribution in [2.45, 2.75) is 45.8 Å². The normalized spacial score (nSPS) is 12.2. The molecule has 0 aliphatic heterocycles. The van der Waals surface area contributed by atoms with Crippen LogP contribution in [0.1, 0.15) is 44.9 Å². The number of rotatable bonds is 5. The van der Waals surface area contributed by atoms with Crippen LogP contribution in [0.15, 0.2) is 54.6 Å². The van der Waals surface area contributed by atoms with Crippen LogP contribution in [0.4, 0.5) is 0 Å². The first kappa shape index (κ1) is 18.1. The van der Waals surface area contributed by atoms with Gasteiger partial charge in [0.15, 0.2) is 0 Å². The molecule has 2 heteroatoms. The van der Waals surface area contributed by atoms with Gasteiger partial charge in [0.05, 0.1) is 7.11 Å². The van der Waals surface area contributed by atoms with Gasteiger partial charge in [0.25, 0.3) is 0 Å². The Balaban J connectivity index is 2.51. The fourth-order valence-corrected chi connectivity index (χ4v) is 3.07. The molecule has 2 aromatic carbocycles. The first-order valence-corrected chi connectivity index (χ1v) is 8.51. The number of benzene rings is 2. The highest BCUT2D eigenvalue weighted by molar-refractivity contribution is 5.43. The lowest BCUT2D eigenvalue weighted by molar-refractivity contribution is 0.142. The van der Waals surface area contributed by atoms with Crippen LogP contribution in [-0.2, 0) is 0 Å². The van der Waals surface area contributed by atoms with Gasteiger partial charge in [0.1, 0.15) is 11.8 Å². The highest BCUT2D eigenvalue weighted by Gasteiger charge is 2.26. The zero-order chi connectivity index (χ0) is 17.5. The largest absolute Gasteiger partial charge is 0.496 e. The first-order chi connectivity index (χ1) is 11.5. The molecule has 0 N–H and O–H groups in total. The van der Waals surface area contributed by atoms with E-state index in [0.717, 1.165) is 16.9 Å². The van der Waals surface area contributed by atoms with E-state index >= 15 is 0 Å². The number of para-hydroxylation sites is 1. The van der Waals surface area contributed by atoms with Crippen LogP contribution in [0, 0.1) is 11.8 Å². The average Bonchev–Trinajstić information content (AvgIpc) is 2.58. The first-order valence-electron chi connectivity index (χ1n) is 8.51. The van der Waals surface area contributed by atoms with E-state index in [1.54, 1.807) is 7.11 Å². The Morgan fingerprint density at radius 3 is 2.00 bits per heavy atom. The summed E-state index contributed by atoms with van der Waals surface area (Å²) in [5.74, 6) is 7.71. The Hall–Kier alpha value is -2.24. The maximum absolute atomic E-state index is 5.59. The molecule has 0 heterocycles. The summed E-state index contributed by atoms with van der Waals surface area (Å²) in [6, 6.07) is 19.0. The third kappa shape index (κ3) is 4.40. The number of methoxy groups -OCH3 is 1. The summed E-state index contributed by atoms with van der Waals surface area (Å²) in [5.41, 5.74) is 2.15. The van der Waals surface area contributed by atoms with Crippen LogP contribution in [0.5, 0.6) is 5.75 Å². The maximum Gasteiger partial charge on any atom is 0.124 e. The Morgan fingerprint density at radius 2 is 1.42 bits per heavy atom. The van der Waals surface area contributed by atoms with Crippen LogP contribution in [-0.4, -0.2) is 24.1 Å². The van der Waals surface area contributed by atoms with Crippen molar-refractivity contribution in [3.8, 4) is 17.6 Å². The second-order valence-electron chi connectivity index (χ2n) is 6.41. The molecule has 2 rings (SSSR count).